The van der Waals surface area contributed by atoms with Crippen molar-refractivity contribution in [2.45, 2.75) is 6.92 Å². The first kappa shape index (κ1) is 10.7. The summed E-state index contributed by atoms with van der Waals surface area (Å²) in [4.78, 5) is 4.35. The van der Waals surface area contributed by atoms with Crippen LogP contribution in [0, 0.1) is 6.92 Å². The van der Waals surface area contributed by atoms with E-state index in [-0.39, 0.29) is 6.79 Å². The second-order valence-electron chi connectivity index (χ2n) is 4.06. The minimum Gasteiger partial charge on any atom is -0.454 e. The minimum atomic E-state index is 0.276. The van der Waals surface area contributed by atoms with E-state index < -0.39 is 0 Å². The first-order chi connectivity index (χ1) is 8.72. The number of aromatic nitrogens is 1. The van der Waals surface area contributed by atoms with Gasteiger partial charge in [-0.15, -0.1) is 0 Å². The average Bonchev–Trinajstić information content (AvgIpc) is 2.81. The highest BCUT2D eigenvalue weighted by atomic mass is 16.7. The Hall–Kier alpha value is -2.43. The number of hydrogen-bond donors (Lipinski definition) is 2. The van der Waals surface area contributed by atoms with Crippen molar-refractivity contribution in [1.82, 2.24) is 4.98 Å². The molecule has 0 bridgehead atoms. The minimum absolute atomic E-state index is 0.276. The number of nitrogens with one attached hydrogen (secondary N) is 1. The Balaban J connectivity index is 1.85. The lowest BCUT2D eigenvalue weighted by Gasteiger charge is -2.08. The van der Waals surface area contributed by atoms with Crippen molar-refractivity contribution < 1.29 is 9.47 Å². The molecule has 0 fully saturated rings. The molecular formula is C13H13N3O2. The van der Waals surface area contributed by atoms with E-state index in [4.69, 9.17) is 15.2 Å². The number of hydrogen-bond acceptors (Lipinski definition) is 5. The highest BCUT2D eigenvalue weighted by Crippen LogP contribution is 2.34. The molecule has 1 aliphatic rings. The van der Waals surface area contributed by atoms with Crippen molar-refractivity contribution in [3.8, 4) is 11.5 Å². The van der Waals surface area contributed by atoms with Gasteiger partial charge in [-0.25, -0.2) is 4.98 Å². The number of nitrogens with two attached hydrogens (primary N) is 1. The van der Waals surface area contributed by atoms with E-state index in [0.717, 1.165) is 28.7 Å². The predicted molar refractivity (Wildman–Crippen MR) is 69.2 cm³/mol. The fraction of sp³-hybridized carbons (Fsp3) is 0.154. The highest BCUT2D eigenvalue weighted by molar-refractivity contribution is 5.63. The number of nitrogen functional groups attached to an aromatic ring is 1. The second-order valence-corrected chi connectivity index (χ2v) is 4.06. The van der Waals surface area contributed by atoms with Gasteiger partial charge in [-0.3, -0.25) is 0 Å². The molecule has 2 aromatic rings. The summed E-state index contributed by atoms with van der Waals surface area (Å²) in [6, 6.07) is 9.34. The zero-order valence-corrected chi connectivity index (χ0v) is 9.93. The van der Waals surface area contributed by atoms with Gasteiger partial charge in [0.05, 0.1) is 11.4 Å². The zero-order valence-electron chi connectivity index (χ0n) is 9.93. The summed E-state index contributed by atoms with van der Waals surface area (Å²) in [5, 5.41) is 3.20. The number of fused-ring (bicyclic) bond motifs is 1. The molecule has 1 aromatic heterocycles. The van der Waals surface area contributed by atoms with Crippen LogP contribution in [0.25, 0.3) is 0 Å². The van der Waals surface area contributed by atoms with E-state index in [1.54, 1.807) is 0 Å². The number of benzene rings is 1. The average molecular weight is 243 g/mol. The topological polar surface area (TPSA) is 69.4 Å². The van der Waals surface area contributed by atoms with Crippen LogP contribution in [0.4, 0.5) is 17.2 Å². The maximum absolute atomic E-state index is 5.73. The zero-order chi connectivity index (χ0) is 12.5. The quantitative estimate of drug-likeness (QED) is 0.847. The van der Waals surface area contributed by atoms with Crippen LogP contribution >= 0.6 is 0 Å². The molecule has 3 rings (SSSR count). The Morgan fingerprint density at radius 3 is 2.83 bits per heavy atom. The summed E-state index contributed by atoms with van der Waals surface area (Å²) >= 11 is 0. The van der Waals surface area contributed by atoms with E-state index >= 15 is 0 Å². The SMILES string of the molecule is Cc1nc(Nc2ccc3c(c2)OCO3)ccc1N. The molecule has 1 aromatic carbocycles. The summed E-state index contributed by atoms with van der Waals surface area (Å²) in [7, 11) is 0. The van der Waals surface area contributed by atoms with E-state index in [9.17, 15) is 0 Å². The molecule has 2 heterocycles. The Kier molecular flexibility index (Phi) is 2.44. The monoisotopic (exact) mass is 243 g/mol. The van der Waals surface area contributed by atoms with Crippen LogP contribution in [-0.4, -0.2) is 11.8 Å². The summed E-state index contributed by atoms with van der Waals surface area (Å²) in [6.45, 7) is 2.15. The van der Waals surface area contributed by atoms with Gasteiger partial charge in [0.2, 0.25) is 6.79 Å². The van der Waals surface area contributed by atoms with Crippen LogP contribution in [0.15, 0.2) is 30.3 Å². The van der Waals surface area contributed by atoms with Gasteiger partial charge in [0, 0.05) is 11.8 Å². The van der Waals surface area contributed by atoms with Gasteiger partial charge in [0.1, 0.15) is 5.82 Å². The Bertz CT molecular complexity index is 599. The molecule has 0 saturated carbocycles. The third-order valence-corrected chi connectivity index (χ3v) is 2.77. The number of ether oxygens (including phenoxy) is 2. The number of aryl methyl sites for hydroxylation is 1. The molecule has 0 saturated heterocycles. The van der Waals surface area contributed by atoms with E-state index in [1.165, 1.54) is 0 Å². The van der Waals surface area contributed by atoms with Crippen molar-refractivity contribution in [3.63, 3.8) is 0 Å². The smallest absolute Gasteiger partial charge is 0.231 e. The van der Waals surface area contributed by atoms with Gasteiger partial charge in [-0.2, -0.15) is 0 Å². The molecular weight excluding hydrogens is 230 g/mol. The fourth-order valence-electron chi connectivity index (χ4n) is 1.76. The Labute approximate surface area is 105 Å². The molecule has 0 amide bonds. The normalized spacial score (nSPS) is 12.5. The molecule has 0 spiro atoms. The molecule has 3 N–H and O–H groups in total. The lowest BCUT2D eigenvalue weighted by molar-refractivity contribution is 0.174. The summed E-state index contributed by atoms with van der Waals surface area (Å²) in [5.41, 5.74) is 8.12. The van der Waals surface area contributed by atoms with Crippen LogP contribution in [0.3, 0.4) is 0 Å². The van der Waals surface area contributed by atoms with Crippen molar-refractivity contribution in [3.05, 3.63) is 36.0 Å². The Morgan fingerprint density at radius 1 is 1.17 bits per heavy atom. The first-order valence-electron chi connectivity index (χ1n) is 5.62. The van der Waals surface area contributed by atoms with E-state index in [1.807, 2.05) is 37.3 Å². The van der Waals surface area contributed by atoms with Gasteiger partial charge in [0.15, 0.2) is 11.5 Å². The summed E-state index contributed by atoms with van der Waals surface area (Å²) in [5.74, 6) is 2.26. The molecule has 0 atom stereocenters. The van der Waals surface area contributed by atoms with Crippen LogP contribution in [-0.2, 0) is 0 Å². The highest BCUT2D eigenvalue weighted by Gasteiger charge is 2.13. The number of anilines is 3. The van der Waals surface area contributed by atoms with Crippen molar-refractivity contribution in [1.29, 1.82) is 0 Å². The number of pyridine rings is 1. The molecule has 5 heteroatoms. The second kappa shape index (κ2) is 4.10. The van der Waals surface area contributed by atoms with E-state index in [2.05, 4.69) is 10.3 Å². The molecule has 0 radical (unpaired) electrons. The predicted octanol–water partition coefficient (Wildman–Crippen LogP) is 2.44. The third kappa shape index (κ3) is 1.90. The van der Waals surface area contributed by atoms with Crippen LogP contribution in [0.1, 0.15) is 5.69 Å². The lowest BCUT2D eigenvalue weighted by Crippen LogP contribution is -1.98. The van der Waals surface area contributed by atoms with Gasteiger partial charge < -0.3 is 20.5 Å². The van der Waals surface area contributed by atoms with Gasteiger partial charge in [-0.05, 0) is 31.2 Å². The summed E-state index contributed by atoms with van der Waals surface area (Å²) < 4.78 is 10.6. The third-order valence-electron chi connectivity index (χ3n) is 2.77. The molecule has 18 heavy (non-hydrogen) atoms. The summed E-state index contributed by atoms with van der Waals surface area (Å²) in [6.07, 6.45) is 0. The van der Waals surface area contributed by atoms with Crippen LogP contribution < -0.4 is 20.5 Å². The molecule has 0 unspecified atom stereocenters. The number of rotatable bonds is 2. The molecule has 5 nitrogen and oxygen atoms in total. The maximum Gasteiger partial charge on any atom is 0.231 e. The van der Waals surface area contributed by atoms with Crippen LogP contribution in [0.2, 0.25) is 0 Å². The largest absolute Gasteiger partial charge is 0.454 e. The van der Waals surface area contributed by atoms with Gasteiger partial charge >= 0.3 is 0 Å². The fourth-order valence-corrected chi connectivity index (χ4v) is 1.76. The van der Waals surface area contributed by atoms with Crippen molar-refractivity contribution >= 4 is 17.2 Å². The van der Waals surface area contributed by atoms with Crippen LogP contribution in [0.5, 0.6) is 11.5 Å². The number of nitrogens with zero attached hydrogens (tertiary/aromatic N) is 1. The molecule has 92 valence electrons. The standard InChI is InChI=1S/C13H13N3O2/c1-8-10(14)3-5-13(15-8)16-9-2-4-11-12(6-9)18-7-17-11/h2-6H,7,14H2,1H3,(H,15,16). The molecule has 0 aliphatic carbocycles. The Morgan fingerprint density at radius 2 is 2.00 bits per heavy atom. The lowest BCUT2D eigenvalue weighted by atomic mass is 10.2. The first-order valence-corrected chi connectivity index (χ1v) is 5.62. The van der Waals surface area contributed by atoms with Crippen molar-refractivity contribution in [2.24, 2.45) is 0 Å². The van der Waals surface area contributed by atoms with Gasteiger partial charge in [0.25, 0.3) is 0 Å². The molecule has 1 aliphatic heterocycles. The van der Waals surface area contributed by atoms with Gasteiger partial charge in [-0.1, -0.05) is 0 Å². The maximum atomic E-state index is 5.73. The van der Waals surface area contributed by atoms with E-state index in [0.29, 0.717) is 5.69 Å². The van der Waals surface area contributed by atoms with Crippen molar-refractivity contribution in [2.75, 3.05) is 17.8 Å².